The summed E-state index contributed by atoms with van der Waals surface area (Å²) in [6.07, 6.45) is 5.05. The topological polar surface area (TPSA) is 42.5 Å². The molecule has 1 fully saturated rings. The monoisotopic (exact) mass is 244 g/mol. The van der Waals surface area contributed by atoms with E-state index in [0.717, 1.165) is 38.6 Å². The standard InChI is InChI=1S/C13H28N2O2/c1-16-9-10-17-8-3-2-6-14-11-13-5-4-7-15-12-13/h13-15H,2-12H2,1H3. The van der Waals surface area contributed by atoms with Gasteiger partial charge in [-0.2, -0.15) is 0 Å². The molecule has 17 heavy (non-hydrogen) atoms. The predicted octanol–water partition coefficient (Wildman–Crippen LogP) is 1.02. The zero-order valence-corrected chi connectivity index (χ0v) is 11.2. The Morgan fingerprint density at radius 1 is 1.24 bits per heavy atom. The molecule has 0 aromatic rings. The van der Waals surface area contributed by atoms with Crippen LogP contribution in [0.3, 0.4) is 0 Å². The molecule has 1 aliphatic heterocycles. The summed E-state index contributed by atoms with van der Waals surface area (Å²) in [6, 6.07) is 0. The van der Waals surface area contributed by atoms with E-state index in [-0.39, 0.29) is 0 Å². The normalized spacial score (nSPS) is 20.6. The van der Waals surface area contributed by atoms with E-state index in [1.165, 1.54) is 32.4 Å². The fourth-order valence-corrected chi connectivity index (χ4v) is 2.10. The number of unbranched alkanes of at least 4 members (excludes halogenated alkanes) is 1. The maximum atomic E-state index is 5.41. The molecule has 0 aromatic heterocycles. The van der Waals surface area contributed by atoms with Crippen LogP contribution in [0, 0.1) is 5.92 Å². The van der Waals surface area contributed by atoms with E-state index in [0.29, 0.717) is 6.61 Å². The van der Waals surface area contributed by atoms with Crippen molar-refractivity contribution in [1.82, 2.24) is 10.6 Å². The first-order valence-corrected chi connectivity index (χ1v) is 6.91. The molecule has 1 unspecified atom stereocenters. The fourth-order valence-electron chi connectivity index (χ4n) is 2.10. The Labute approximate surface area is 105 Å². The maximum Gasteiger partial charge on any atom is 0.0700 e. The van der Waals surface area contributed by atoms with Crippen molar-refractivity contribution in [3.8, 4) is 0 Å². The van der Waals surface area contributed by atoms with Crippen LogP contribution in [0.1, 0.15) is 25.7 Å². The van der Waals surface area contributed by atoms with Crippen molar-refractivity contribution in [3.63, 3.8) is 0 Å². The minimum Gasteiger partial charge on any atom is -0.382 e. The summed E-state index contributed by atoms with van der Waals surface area (Å²) in [4.78, 5) is 0. The summed E-state index contributed by atoms with van der Waals surface area (Å²) < 4.78 is 10.3. The van der Waals surface area contributed by atoms with Crippen LogP contribution in [-0.2, 0) is 9.47 Å². The van der Waals surface area contributed by atoms with Gasteiger partial charge in [-0.1, -0.05) is 0 Å². The SMILES string of the molecule is COCCOCCCCNCC1CCCNC1. The molecule has 0 saturated carbocycles. The second kappa shape index (κ2) is 11.0. The molecule has 4 heteroatoms. The van der Waals surface area contributed by atoms with Crippen molar-refractivity contribution in [2.24, 2.45) is 5.92 Å². The summed E-state index contributed by atoms with van der Waals surface area (Å²) in [5, 5.41) is 6.98. The fraction of sp³-hybridized carbons (Fsp3) is 1.00. The molecule has 1 atom stereocenters. The highest BCUT2D eigenvalue weighted by Crippen LogP contribution is 2.07. The molecule has 1 aliphatic rings. The number of hydrogen-bond acceptors (Lipinski definition) is 4. The Balaban J connectivity index is 1.75. The molecule has 4 nitrogen and oxygen atoms in total. The first kappa shape index (κ1) is 14.9. The van der Waals surface area contributed by atoms with Crippen molar-refractivity contribution in [2.75, 3.05) is 53.1 Å². The van der Waals surface area contributed by atoms with Crippen LogP contribution in [0.25, 0.3) is 0 Å². The lowest BCUT2D eigenvalue weighted by Gasteiger charge is -2.22. The third kappa shape index (κ3) is 8.55. The van der Waals surface area contributed by atoms with E-state index < -0.39 is 0 Å². The maximum absolute atomic E-state index is 5.41. The van der Waals surface area contributed by atoms with Crippen LogP contribution >= 0.6 is 0 Å². The zero-order chi connectivity index (χ0) is 12.2. The second-order valence-electron chi connectivity index (χ2n) is 4.73. The Morgan fingerprint density at radius 3 is 2.94 bits per heavy atom. The highest BCUT2D eigenvalue weighted by atomic mass is 16.5. The number of piperidine rings is 1. The van der Waals surface area contributed by atoms with Gasteiger partial charge in [-0.05, 0) is 57.8 Å². The summed E-state index contributed by atoms with van der Waals surface area (Å²) in [5.74, 6) is 0.835. The van der Waals surface area contributed by atoms with Crippen LogP contribution in [0.4, 0.5) is 0 Å². The van der Waals surface area contributed by atoms with Crippen molar-refractivity contribution in [1.29, 1.82) is 0 Å². The van der Waals surface area contributed by atoms with Gasteiger partial charge < -0.3 is 20.1 Å². The number of ether oxygens (including phenoxy) is 2. The van der Waals surface area contributed by atoms with Gasteiger partial charge >= 0.3 is 0 Å². The lowest BCUT2D eigenvalue weighted by Crippen LogP contribution is -2.36. The Morgan fingerprint density at radius 2 is 2.18 bits per heavy atom. The third-order valence-corrected chi connectivity index (χ3v) is 3.16. The largest absolute Gasteiger partial charge is 0.382 e. The van der Waals surface area contributed by atoms with E-state index in [1.807, 2.05) is 0 Å². The molecule has 1 rings (SSSR count). The molecule has 0 aromatic carbocycles. The molecule has 2 N–H and O–H groups in total. The summed E-state index contributed by atoms with van der Waals surface area (Å²) in [5.41, 5.74) is 0. The Kier molecular flexibility index (Phi) is 9.61. The highest BCUT2D eigenvalue weighted by molar-refractivity contribution is 4.70. The molecular formula is C13H28N2O2. The number of nitrogens with one attached hydrogen (secondary N) is 2. The van der Waals surface area contributed by atoms with Gasteiger partial charge in [0.1, 0.15) is 0 Å². The van der Waals surface area contributed by atoms with Gasteiger partial charge in [-0.25, -0.2) is 0 Å². The van der Waals surface area contributed by atoms with Crippen LogP contribution in [0.2, 0.25) is 0 Å². The molecular weight excluding hydrogens is 216 g/mol. The van der Waals surface area contributed by atoms with E-state index in [1.54, 1.807) is 7.11 Å². The molecule has 1 heterocycles. The van der Waals surface area contributed by atoms with Crippen molar-refractivity contribution < 1.29 is 9.47 Å². The van der Waals surface area contributed by atoms with Gasteiger partial charge in [0.2, 0.25) is 0 Å². The molecule has 1 saturated heterocycles. The molecule has 0 bridgehead atoms. The molecule has 0 amide bonds. The van der Waals surface area contributed by atoms with Crippen LogP contribution in [-0.4, -0.2) is 53.1 Å². The van der Waals surface area contributed by atoms with E-state index >= 15 is 0 Å². The minimum absolute atomic E-state index is 0.701. The lowest BCUT2D eigenvalue weighted by molar-refractivity contribution is 0.0688. The van der Waals surface area contributed by atoms with Crippen LogP contribution in [0.15, 0.2) is 0 Å². The van der Waals surface area contributed by atoms with Crippen LogP contribution in [0.5, 0.6) is 0 Å². The highest BCUT2D eigenvalue weighted by Gasteiger charge is 2.11. The molecule has 0 spiro atoms. The minimum atomic E-state index is 0.701. The predicted molar refractivity (Wildman–Crippen MR) is 70.4 cm³/mol. The summed E-state index contributed by atoms with van der Waals surface area (Å²) in [7, 11) is 1.70. The van der Waals surface area contributed by atoms with E-state index in [4.69, 9.17) is 9.47 Å². The second-order valence-corrected chi connectivity index (χ2v) is 4.73. The number of rotatable bonds is 10. The molecule has 102 valence electrons. The van der Waals surface area contributed by atoms with E-state index in [9.17, 15) is 0 Å². The molecule has 0 aliphatic carbocycles. The van der Waals surface area contributed by atoms with Gasteiger partial charge in [0.05, 0.1) is 13.2 Å². The van der Waals surface area contributed by atoms with Crippen molar-refractivity contribution in [2.45, 2.75) is 25.7 Å². The van der Waals surface area contributed by atoms with E-state index in [2.05, 4.69) is 10.6 Å². The Hall–Kier alpha value is -0.160. The average molecular weight is 244 g/mol. The van der Waals surface area contributed by atoms with Gasteiger partial charge in [-0.3, -0.25) is 0 Å². The first-order valence-electron chi connectivity index (χ1n) is 6.91. The van der Waals surface area contributed by atoms with Gasteiger partial charge in [0, 0.05) is 13.7 Å². The summed E-state index contributed by atoms with van der Waals surface area (Å²) >= 11 is 0. The van der Waals surface area contributed by atoms with Crippen LogP contribution < -0.4 is 10.6 Å². The average Bonchev–Trinajstić information content (AvgIpc) is 2.38. The zero-order valence-electron chi connectivity index (χ0n) is 11.2. The van der Waals surface area contributed by atoms with Crippen molar-refractivity contribution in [3.05, 3.63) is 0 Å². The van der Waals surface area contributed by atoms with Gasteiger partial charge in [0.15, 0.2) is 0 Å². The molecule has 0 radical (unpaired) electrons. The quantitative estimate of drug-likeness (QED) is 0.563. The smallest absolute Gasteiger partial charge is 0.0700 e. The summed E-state index contributed by atoms with van der Waals surface area (Å²) in [6.45, 7) is 6.95. The lowest BCUT2D eigenvalue weighted by atomic mass is 10.00. The number of methoxy groups -OCH3 is 1. The van der Waals surface area contributed by atoms with Gasteiger partial charge in [-0.15, -0.1) is 0 Å². The Bertz CT molecular complexity index is 161. The third-order valence-electron chi connectivity index (χ3n) is 3.16. The first-order chi connectivity index (χ1) is 8.43. The van der Waals surface area contributed by atoms with Gasteiger partial charge in [0.25, 0.3) is 0 Å². The van der Waals surface area contributed by atoms with Crippen molar-refractivity contribution >= 4 is 0 Å². The number of hydrogen-bond donors (Lipinski definition) is 2.